The molecule has 1 aliphatic rings. The molecule has 164 valence electrons. The summed E-state index contributed by atoms with van der Waals surface area (Å²) in [5.41, 5.74) is 2.07. The zero-order valence-corrected chi connectivity index (χ0v) is 18.6. The second kappa shape index (κ2) is 11.3. The van der Waals surface area contributed by atoms with Crippen molar-refractivity contribution < 1.29 is 14.6 Å². The Bertz CT molecular complexity index is 760. The fraction of sp³-hybridized carbons (Fsp3) is 0.520. The lowest BCUT2D eigenvalue weighted by molar-refractivity contribution is 0.124. The summed E-state index contributed by atoms with van der Waals surface area (Å²) in [6.45, 7) is 7.60. The third kappa shape index (κ3) is 6.73. The molecule has 0 bridgehead atoms. The minimum Gasteiger partial charge on any atom is -0.493 e. The Morgan fingerprint density at radius 1 is 1.10 bits per heavy atom. The molecule has 30 heavy (non-hydrogen) atoms. The maximum Gasteiger partial charge on any atom is 0.161 e. The molecule has 5 nitrogen and oxygen atoms in total. The Labute approximate surface area is 181 Å². The molecule has 3 rings (SSSR count). The summed E-state index contributed by atoms with van der Waals surface area (Å²) in [6, 6.07) is 15.9. The van der Waals surface area contributed by atoms with Crippen molar-refractivity contribution in [3.63, 3.8) is 0 Å². The smallest absolute Gasteiger partial charge is 0.161 e. The topological polar surface area (TPSA) is 45.2 Å². The second-order valence-corrected chi connectivity index (χ2v) is 8.48. The lowest BCUT2D eigenvalue weighted by Gasteiger charge is -2.30. The number of hydrogen-bond acceptors (Lipinski definition) is 5. The summed E-state index contributed by atoms with van der Waals surface area (Å²) in [7, 11) is 3.70. The number of aliphatic hydroxyl groups is 1. The SMILES string of the molecule is COc1cc(CN(C)CC(O)c2ccccc2)ccc1OCCN1CCC(C)CC1. The molecule has 2 aromatic carbocycles. The monoisotopic (exact) mass is 412 g/mol. The van der Waals surface area contributed by atoms with Crippen LogP contribution in [0.4, 0.5) is 0 Å². The van der Waals surface area contributed by atoms with E-state index in [9.17, 15) is 5.11 Å². The lowest BCUT2D eigenvalue weighted by Crippen LogP contribution is -2.35. The average Bonchev–Trinajstić information content (AvgIpc) is 2.76. The van der Waals surface area contributed by atoms with Gasteiger partial charge in [-0.1, -0.05) is 43.3 Å². The normalized spacial score (nSPS) is 16.6. The van der Waals surface area contributed by atoms with Gasteiger partial charge in [-0.2, -0.15) is 0 Å². The van der Waals surface area contributed by atoms with Gasteiger partial charge in [0.1, 0.15) is 6.61 Å². The first-order valence-electron chi connectivity index (χ1n) is 11.0. The van der Waals surface area contributed by atoms with Gasteiger partial charge in [-0.05, 0) is 62.2 Å². The molecule has 1 unspecified atom stereocenters. The van der Waals surface area contributed by atoms with Crippen molar-refractivity contribution in [1.29, 1.82) is 0 Å². The predicted octanol–water partition coefficient (Wildman–Crippen LogP) is 3.97. The van der Waals surface area contributed by atoms with E-state index in [0.717, 1.165) is 41.6 Å². The van der Waals surface area contributed by atoms with Gasteiger partial charge in [0.2, 0.25) is 0 Å². The van der Waals surface area contributed by atoms with Crippen LogP contribution in [0.2, 0.25) is 0 Å². The first-order valence-corrected chi connectivity index (χ1v) is 11.0. The molecule has 0 saturated carbocycles. The number of likely N-dealkylation sites (tertiary alicyclic amines) is 1. The molecule has 1 N–H and O–H groups in total. The highest BCUT2D eigenvalue weighted by molar-refractivity contribution is 5.43. The van der Waals surface area contributed by atoms with Crippen molar-refractivity contribution in [2.45, 2.75) is 32.4 Å². The largest absolute Gasteiger partial charge is 0.493 e. The van der Waals surface area contributed by atoms with Crippen LogP contribution in [0.15, 0.2) is 48.5 Å². The van der Waals surface area contributed by atoms with Crippen molar-refractivity contribution >= 4 is 0 Å². The van der Waals surface area contributed by atoms with Crippen LogP contribution in [-0.2, 0) is 6.54 Å². The summed E-state index contributed by atoms with van der Waals surface area (Å²) in [5.74, 6) is 2.40. The third-order valence-corrected chi connectivity index (χ3v) is 5.89. The van der Waals surface area contributed by atoms with Gasteiger partial charge >= 0.3 is 0 Å². The molecule has 1 fully saturated rings. The quantitative estimate of drug-likeness (QED) is 0.640. The van der Waals surface area contributed by atoms with Crippen LogP contribution in [0.5, 0.6) is 11.5 Å². The molecular weight excluding hydrogens is 376 g/mol. The first kappa shape index (κ1) is 22.6. The zero-order valence-electron chi connectivity index (χ0n) is 18.6. The van der Waals surface area contributed by atoms with E-state index < -0.39 is 6.10 Å². The van der Waals surface area contributed by atoms with Crippen molar-refractivity contribution in [3.8, 4) is 11.5 Å². The average molecular weight is 413 g/mol. The Kier molecular flexibility index (Phi) is 8.55. The molecule has 1 atom stereocenters. The van der Waals surface area contributed by atoms with Crippen molar-refractivity contribution in [2.24, 2.45) is 5.92 Å². The molecule has 1 aliphatic heterocycles. The number of piperidine rings is 1. The molecule has 0 spiro atoms. The minimum absolute atomic E-state index is 0.501. The Morgan fingerprint density at radius 3 is 2.53 bits per heavy atom. The summed E-state index contributed by atoms with van der Waals surface area (Å²) >= 11 is 0. The van der Waals surface area contributed by atoms with Crippen LogP contribution in [0.1, 0.15) is 37.0 Å². The fourth-order valence-electron chi connectivity index (χ4n) is 3.95. The van der Waals surface area contributed by atoms with E-state index in [1.807, 2.05) is 49.5 Å². The van der Waals surface area contributed by atoms with Gasteiger partial charge in [-0.3, -0.25) is 9.80 Å². The van der Waals surface area contributed by atoms with Crippen molar-refractivity contribution in [1.82, 2.24) is 9.80 Å². The standard InChI is InChI=1S/C25H36N2O3/c1-20-11-13-27(14-12-20)15-16-30-24-10-9-21(17-25(24)29-3)18-26(2)19-23(28)22-7-5-4-6-8-22/h4-10,17,20,23,28H,11-16,18-19H2,1-3H3. The number of ether oxygens (including phenoxy) is 2. The molecule has 1 saturated heterocycles. The summed E-state index contributed by atoms with van der Waals surface area (Å²) < 4.78 is 11.6. The maximum atomic E-state index is 10.4. The molecular formula is C25H36N2O3. The van der Waals surface area contributed by atoms with E-state index >= 15 is 0 Å². The fourth-order valence-corrected chi connectivity index (χ4v) is 3.95. The second-order valence-electron chi connectivity index (χ2n) is 8.48. The van der Waals surface area contributed by atoms with E-state index in [2.05, 4.69) is 22.8 Å². The molecule has 5 heteroatoms. The van der Waals surface area contributed by atoms with E-state index in [4.69, 9.17) is 9.47 Å². The molecule has 1 heterocycles. The number of benzene rings is 2. The number of aliphatic hydroxyl groups excluding tert-OH is 1. The highest BCUT2D eigenvalue weighted by Crippen LogP contribution is 2.29. The number of rotatable bonds is 10. The number of methoxy groups -OCH3 is 1. The molecule has 2 aromatic rings. The highest BCUT2D eigenvalue weighted by atomic mass is 16.5. The highest BCUT2D eigenvalue weighted by Gasteiger charge is 2.16. The molecule has 0 amide bonds. The van der Waals surface area contributed by atoms with Gasteiger partial charge in [0, 0.05) is 19.6 Å². The van der Waals surface area contributed by atoms with Gasteiger partial charge < -0.3 is 14.6 Å². The maximum absolute atomic E-state index is 10.4. The van der Waals surface area contributed by atoms with Crippen molar-refractivity contribution in [3.05, 3.63) is 59.7 Å². The van der Waals surface area contributed by atoms with Gasteiger partial charge in [0.25, 0.3) is 0 Å². The lowest BCUT2D eigenvalue weighted by atomic mass is 9.99. The van der Waals surface area contributed by atoms with Gasteiger partial charge in [-0.25, -0.2) is 0 Å². The molecule has 0 aromatic heterocycles. The van der Waals surface area contributed by atoms with E-state index in [0.29, 0.717) is 13.2 Å². The summed E-state index contributed by atoms with van der Waals surface area (Å²) in [6.07, 6.45) is 2.06. The number of likely N-dealkylation sites (N-methyl/N-ethyl adjacent to an activating group) is 1. The van der Waals surface area contributed by atoms with Crippen LogP contribution >= 0.6 is 0 Å². The van der Waals surface area contributed by atoms with Crippen molar-refractivity contribution in [2.75, 3.05) is 46.9 Å². The van der Waals surface area contributed by atoms with Crippen LogP contribution < -0.4 is 9.47 Å². The first-order chi connectivity index (χ1) is 14.5. The van der Waals surface area contributed by atoms with Crippen LogP contribution in [0.25, 0.3) is 0 Å². The molecule has 0 aliphatic carbocycles. The van der Waals surface area contributed by atoms with Crippen LogP contribution in [0.3, 0.4) is 0 Å². The van der Waals surface area contributed by atoms with Gasteiger partial charge in [0.05, 0.1) is 13.2 Å². The van der Waals surface area contributed by atoms with E-state index in [1.54, 1.807) is 7.11 Å². The van der Waals surface area contributed by atoms with Gasteiger partial charge in [0.15, 0.2) is 11.5 Å². The third-order valence-electron chi connectivity index (χ3n) is 5.89. The number of nitrogens with zero attached hydrogens (tertiary/aromatic N) is 2. The Morgan fingerprint density at radius 2 is 1.83 bits per heavy atom. The summed E-state index contributed by atoms with van der Waals surface area (Å²) in [4.78, 5) is 4.60. The zero-order chi connectivity index (χ0) is 21.3. The molecule has 0 radical (unpaired) electrons. The summed E-state index contributed by atoms with van der Waals surface area (Å²) in [5, 5.41) is 10.4. The van der Waals surface area contributed by atoms with E-state index in [1.165, 1.54) is 25.9 Å². The van der Waals surface area contributed by atoms with Crippen LogP contribution in [0, 0.1) is 5.92 Å². The van der Waals surface area contributed by atoms with Crippen LogP contribution in [-0.4, -0.2) is 61.8 Å². The Hall–Kier alpha value is -2.08. The predicted molar refractivity (Wildman–Crippen MR) is 121 cm³/mol. The minimum atomic E-state index is -0.501. The van der Waals surface area contributed by atoms with E-state index in [-0.39, 0.29) is 0 Å². The Balaban J connectivity index is 1.49. The number of hydrogen-bond donors (Lipinski definition) is 1. The van der Waals surface area contributed by atoms with Gasteiger partial charge in [-0.15, -0.1) is 0 Å².